The van der Waals surface area contributed by atoms with Crippen molar-refractivity contribution in [2.75, 3.05) is 29.9 Å². The van der Waals surface area contributed by atoms with Crippen LogP contribution in [0.4, 0.5) is 11.4 Å². The first kappa shape index (κ1) is 33.5. The van der Waals surface area contributed by atoms with Crippen LogP contribution in [0.15, 0.2) is 48.5 Å². The van der Waals surface area contributed by atoms with E-state index >= 15 is 0 Å². The second kappa shape index (κ2) is 16.6. The van der Waals surface area contributed by atoms with Gasteiger partial charge in [-0.3, -0.25) is 14.4 Å². The smallest absolute Gasteiger partial charge is 0.251 e. The number of carbonyl (C=O) groups excluding carboxylic acids is 3. The molecule has 3 amide bonds. The van der Waals surface area contributed by atoms with Crippen LogP contribution in [0.3, 0.4) is 0 Å². The largest absolute Gasteiger partial charge is 0.390 e. The number of aliphatic hydroxyl groups is 1. The van der Waals surface area contributed by atoms with Crippen molar-refractivity contribution in [3.05, 3.63) is 59.7 Å². The van der Waals surface area contributed by atoms with Crippen LogP contribution >= 0.6 is 0 Å². The molecule has 9 heteroatoms. The van der Waals surface area contributed by atoms with Crippen LogP contribution in [0.2, 0.25) is 0 Å². The van der Waals surface area contributed by atoms with Gasteiger partial charge in [0.15, 0.2) is 0 Å². The Hall–Kier alpha value is -3.43. The van der Waals surface area contributed by atoms with E-state index in [1.165, 1.54) is 6.42 Å². The lowest BCUT2D eigenvalue weighted by molar-refractivity contribution is -0.123. The first-order chi connectivity index (χ1) is 21.2. The quantitative estimate of drug-likeness (QED) is 0.205. The number of aliphatic hydroxyl groups excluding tert-OH is 1. The zero-order chi connectivity index (χ0) is 31.5. The number of nitrogens with zero attached hydrogens (tertiary/aromatic N) is 1. The summed E-state index contributed by atoms with van der Waals surface area (Å²) in [6, 6.07) is 14.4. The predicted octanol–water partition coefficient (Wildman–Crippen LogP) is 4.40. The molecule has 44 heavy (non-hydrogen) atoms. The maximum absolute atomic E-state index is 13.8. The molecule has 2 fully saturated rings. The molecule has 1 unspecified atom stereocenters. The summed E-state index contributed by atoms with van der Waals surface area (Å²) >= 11 is 0. The van der Waals surface area contributed by atoms with Gasteiger partial charge in [0.25, 0.3) is 5.91 Å². The molecule has 3 atom stereocenters. The number of hydrogen-bond acceptors (Lipinski definition) is 6. The van der Waals surface area contributed by atoms with Crippen molar-refractivity contribution in [2.24, 2.45) is 5.92 Å². The summed E-state index contributed by atoms with van der Waals surface area (Å²) in [5, 5.41) is 24.1. The van der Waals surface area contributed by atoms with Crippen LogP contribution < -0.4 is 26.2 Å². The van der Waals surface area contributed by atoms with E-state index in [1.807, 2.05) is 42.5 Å². The van der Waals surface area contributed by atoms with Crippen molar-refractivity contribution in [3.8, 4) is 0 Å². The molecule has 0 spiro atoms. The summed E-state index contributed by atoms with van der Waals surface area (Å²) in [7, 11) is 0. The number of anilines is 2. The Bertz CT molecular complexity index is 1230. The average molecular weight is 606 g/mol. The van der Waals surface area contributed by atoms with E-state index in [0.717, 1.165) is 56.3 Å². The van der Waals surface area contributed by atoms with Crippen LogP contribution in [-0.4, -0.2) is 66.7 Å². The van der Waals surface area contributed by atoms with E-state index < -0.39 is 18.2 Å². The second-order valence-corrected chi connectivity index (χ2v) is 12.8. The van der Waals surface area contributed by atoms with Gasteiger partial charge in [0, 0.05) is 49.0 Å². The Labute approximate surface area is 262 Å². The fourth-order valence-corrected chi connectivity index (χ4v) is 5.94. The lowest BCUT2D eigenvalue weighted by atomic mass is 9.95. The first-order valence-corrected chi connectivity index (χ1v) is 16.5. The van der Waals surface area contributed by atoms with Gasteiger partial charge in [-0.1, -0.05) is 63.4 Å². The number of benzene rings is 2. The highest BCUT2D eigenvalue weighted by Crippen LogP contribution is 2.27. The minimum Gasteiger partial charge on any atom is -0.390 e. The number of carbonyl (C=O) groups is 3. The number of amides is 3. The summed E-state index contributed by atoms with van der Waals surface area (Å²) in [4.78, 5) is 40.9. The average Bonchev–Trinajstić information content (AvgIpc) is 3.45. The molecule has 1 aliphatic carbocycles. The van der Waals surface area contributed by atoms with Gasteiger partial charge in [0.2, 0.25) is 11.8 Å². The zero-order valence-electron chi connectivity index (χ0n) is 26.6. The molecule has 0 aromatic heterocycles. The molecular weight excluding hydrogens is 554 g/mol. The normalized spacial score (nSPS) is 17.8. The van der Waals surface area contributed by atoms with Crippen LogP contribution in [0.1, 0.15) is 88.1 Å². The Morgan fingerprint density at radius 1 is 1.00 bits per heavy atom. The van der Waals surface area contributed by atoms with E-state index in [-0.39, 0.29) is 30.3 Å². The van der Waals surface area contributed by atoms with Crippen molar-refractivity contribution in [1.82, 2.24) is 16.0 Å². The molecule has 0 radical (unpaired) electrons. The molecule has 9 nitrogen and oxygen atoms in total. The highest BCUT2D eigenvalue weighted by atomic mass is 16.3. The summed E-state index contributed by atoms with van der Waals surface area (Å²) in [6.45, 7) is 7.65. The molecule has 2 aromatic rings. The molecule has 2 aliphatic rings. The molecule has 240 valence electrons. The lowest BCUT2D eigenvalue weighted by Gasteiger charge is -2.28. The third kappa shape index (κ3) is 10.1. The van der Waals surface area contributed by atoms with Crippen LogP contribution in [0.25, 0.3) is 0 Å². The highest BCUT2D eigenvalue weighted by Gasteiger charge is 2.27. The number of nitrogens with one attached hydrogen (secondary N) is 4. The lowest BCUT2D eigenvalue weighted by Crippen LogP contribution is -2.53. The third-order valence-corrected chi connectivity index (χ3v) is 8.67. The van der Waals surface area contributed by atoms with Gasteiger partial charge in [-0.25, -0.2) is 0 Å². The molecule has 1 aliphatic heterocycles. The van der Waals surface area contributed by atoms with Gasteiger partial charge in [-0.05, 0) is 68.7 Å². The summed E-state index contributed by atoms with van der Waals surface area (Å²) in [6.07, 6.45) is 7.25. The molecule has 4 rings (SSSR count). The van der Waals surface area contributed by atoms with Crippen molar-refractivity contribution >= 4 is 29.1 Å². The van der Waals surface area contributed by atoms with Crippen LogP contribution in [-0.2, 0) is 16.0 Å². The zero-order valence-corrected chi connectivity index (χ0v) is 26.6. The van der Waals surface area contributed by atoms with E-state index in [9.17, 15) is 19.5 Å². The van der Waals surface area contributed by atoms with Gasteiger partial charge in [-0.15, -0.1) is 0 Å². The maximum Gasteiger partial charge on any atom is 0.251 e. The second-order valence-electron chi connectivity index (χ2n) is 12.8. The highest BCUT2D eigenvalue weighted by molar-refractivity contribution is 6.00. The minimum absolute atomic E-state index is 0.0563. The van der Waals surface area contributed by atoms with E-state index in [1.54, 1.807) is 17.9 Å². The Kier molecular flexibility index (Phi) is 12.6. The topological polar surface area (TPSA) is 123 Å². The van der Waals surface area contributed by atoms with Crippen LogP contribution in [0, 0.1) is 5.92 Å². The van der Waals surface area contributed by atoms with Gasteiger partial charge in [0.1, 0.15) is 0 Å². The van der Waals surface area contributed by atoms with Crippen molar-refractivity contribution in [3.63, 3.8) is 0 Å². The maximum atomic E-state index is 13.8. The summed E-state index contributed by atoms with van der Waals surface area (Å²) in [5.74, 6) is 0.191. The first-order valence-electron chi connectivity index (χ1n) is 16.5. The fourth-order valence-electron chi connectivity index (χ4n) is 5.94. The van der Waals surface area contributed by atoms with Gasteiger partial charge in [0.05, 0.1) is 18.2 Å². The molecule has 1 saturated carbocycles. The van der Waals surface area contributed by atoms with E-state index in [0.29, 0.717) is 36.6 Å². The SMILES string of the molecule is CC(C)CCNc1cc(C(=O)NC(Cc2ccccc2)[C@H](O)CN[C@@H](C)C(=O)NC2CCCCC2)cc(N2CCCC2=O)c1. The Balaban J connectivity index is 1.47. The molecular formula is C35H51N5O4. The van der Waals surface area contributed by atoms with Gasteiger partial charge >= 0.3 is 0 Å². The standard InChI is InChI=1S/C35H51N5O4/c1-24(2)16-17-36-29-20-27(21-30(22-29)40-18-10-15-33(40)42)35(44)39-31(19-26-11-6-4-7-12-26)32(41)23-37-25(3)34(43)38-28-13-8-5-9-14-28/h4,6-7,11-12,20-22,24-25,28,31-32,36-37,41H,5,8-10,13-19,23H2,1-3H3,(H,38,43)(H,39,44)/t25-,31?,32+/m0/s1. The van der Waals surface area contributed by atoms with Crippen molar-refractivity contribution in [1.29, 1.82) is 0 Å². The molecule has 1 heterocycles. The molecule has 1 saturated heterocycles. The fraction of sp³-hybridized carbons (Fsp3) is 0.571. The van der Waals surface area contributed by atoms with Gasteiger partial charge < -0.3 is 31.3 Å². The Morgan fingerprint density at radius 2 is 1.75 bits per heavy atom. The number of rotatable bonds is 15. The van der Waals surface area contributed by atoms with Crippen molar-refractivity contribution in [2.45, 2.75) is 103 Å². The molecule has 0 bridgehead atoms. The van der Waals surface area contributed by atoms with Gasteiger partial charge in [-0.2, -0.15) is 0 Å². The molecule has 5 N–H and O–H groups in total. The summed E-state index contributed by atoms with van der Waals surface area (Å²) in [5.41, 5.74) is 2.89. The third-order valence-electron chi connectivity index (χ3n) is 8.67. The Morgan fingerprint density at radius 3 is 2.43 bits per heavy atom. The van der Waals surface area contributed by atoms with E-state index in [2.05, 4.69) is 35.1 Å². The van der Waals surface area contributed by atoms with Crippen LogP contribution in [0.5, 0.6) is 0 Å². The minimum atomic E-state index is -0.948. The number of hydrogen-bond donors (Lipinski definition) is 5. The van der Waals surface area contributed by atoms with Crippen molar-refractivity contribution < 1.29 is 19.5 Å². The monoisotopic (exact) mass is 605 g/mol. The summed E-state index contributed by atoms with van der Waals surface area (Å²) < 4.78 is 0. The van der Waals surface area contributed by atoms with E-state index in [4.69, 9.17) is 0 Å². The predicted molar refractivity (Wildman–Crippen MR) is 176 cm³/mol. The molecule has 2 aromatic carbocycles.